The lowest BCUT2D eigenvalue weighted by molar-refractivity contribution is -0.384. The molecule has 0 aliphatic rings. The van der Waals surface area contributed by atoms with Crippen LogP contribution in [0.2, 0.25) is 5.02 Å². The predicted octanol–water partition coefficient (Wildman–Crippen LogP) is 3.37. The van der Waals surface area contributed by atoms with E-state index in [2.05, 4.69) is 10.6 Å². The number of carbonyl (C=O) groups is 2. The van der Waals surface area contributed by atoms with Crippen LogP contribution in [0.4, 0.5) is 17.1 Å². The van der Waals surface area contributed by atoms with Crippen LogP contribution in [0.3, 0.4) is 0 Å². The second-order valence-electron chi connectivity index (χ2n) is 6.46. The number of likely N-dealkylation sites (N-methyl/N-ethyl adjacent to an activating group) is 1. The Morgan fingerprint density at radius 3 is 2.14 bits per heavy atom. The number of aryl methyl sites for hydroxylation is 2. The molecule has 2 aromatic rings. The van der Waals surface area contributed by atoms with Gasteiger partial charge in [-0.15, -0.1) is 0 Å². The minimum atomic E-state index is -0.539. The molecule has 2 amide bonds. The molecule has 0 atom stereocenters. The second-order valence-corrected chi connectivity index (χ2v) is 6.87. The monoisotopic (exact) mass is 404 g/mol. The Morgan fingerprint density at radius 2 is 1.57 bits per heavy atom. The Bertz CT molecular complexity index is 917. The first-order valence-electron chi connectivity index (χ1n) is 8.45. The zero-order valence-corrected chi connectivity index (χ0v) is 16.5. The van der Waals surface area contributed by atoms with E-state index in [9.17, 15) is 19.7 Å². The van der Waals surface area contributed by atoms with Gasteiger partial charge in [0, 0.05) is 6.07 Å². The minimum Gasteiger partial charge on any atom is -0.324 e. The normalized spacial score (nSPS) is 10.6. The Hall–Kier alpha value is -2.97. The number of halogens is 1. The summed E-state index contributed by atoms with van der Waals surface area (Å²) in [5, 5.41) is 16.8. The molecular formula is C19H21ClN4O4. The molecule has 148 valence electrons. The van der Waals surface area contributed by atoms with Crippen LogP contribution in [-0.4, -0.2) is 41.8 Å². The summed E-state index contributed by atoms with van der Waals surface area (Å²) in [6.07, 6.45) is 0. The van der Waals surface area contributed by atoms with E-state index < -0.39 is 10.8 Å². The van der Waals surface area contributed by atoms with E-state index in [1.54, 1.807) is 51.2 Å². The minimum absolute atomic E-state index is 0.0480. The summed E-state index contributed by atoms with van der Waals surface area (Å²) in [7, 11) is 1.60. The Labute approximate surface area is 167 Å². The van der Waals surface area contributed by atoms with Gasteiger partial charge in [0.2, 0.25) is 11.8 Å². The largest absolute Gasteiger partial charge is 0.324 e. The Kier molecular flexibility index (Phi) is 7.08. The van der Waals surface area contributed by atoms with Crippen LogP contribution in [0.15, 0.2) is 36.4 Å². The van der Waals surface area contributed by atoms with Gasteiger partial charge in [0.1, 0.15) is 5.69 Å². The smallest absolute Gasteiger partial charge is 0.293 e. The fourth-order valence-corrected chi connectivity index (χ4v) is 2.72. The SMILES string of the molecule is Cc1cc(NC(=O)CN(C)CC(=O)Nc2ccccc2Cl)c([N+](=O)[O-])cc1C. The fraction of sp³-hybridized carbons (Fsp3) is 0.263. The molecule has 0 aliphatic heterocycles. The molecule has 0 fully saturated rings. The van der Waals surface area contributed by atoms with Crippen LogP contribution < -0.4 is 10.6 Å². The van der Waals surface area contributed by atoms with Crippen molar-refractivity contribution in [2.75, 3.05) is 30.8 Å². The molecule has 0 heterocycles. The third-order valence-corrected chi connectivity index (χ3v) is 4.39. The number of carbonyl (C=O) groups excluding carboxylic acids is 2. The average Bonchev–Trinajstić information content (AvgIpc) is 2.59. The number of para-hydroxylation sites is 1. The zero-order valence-electron chi connectivity index (χ0n) is 15.8. The molecule has 0 aliphatic carbocycles. The van der Waals surface area contributed by atoms with E-state index in [0.717, 1.165) is 11.1 Å². The fourth-order valence-electron chi connectivity index (χ4n) is 2.54. The summed E-state index contributed by atoms with van der Waals surface area (Å²) in [5.41, 5.74) is 2.03. The number of amides is 2. The maximum Gasteiger partial charge on any atom is 0.293 e. The van der Waals surface area contributed by atoms with Crippen molar-refractivity contribution in [1.29, 1.82) is 0 Å². The van der Waals surface area contributed by atoms with Crippen molar-refractivity contribution in [3.8, 4) is 0 Å². The van der Waals surface area contributed by atoms with Crippen molar-refractivity contribution in [3.05, 3.63) is 62.7 Å². The number of nitro benzene ring substituents is 1. The van der Waals surface area contributed by atoms with Gasteiger partial charge in [0.15, 0.2) is 0 Å². The highest BCUT2D eigenvalue weighted by Gasteiger charge is 2.19. The van der Waals surface area contributed by atoms with Gasteiger partial charge in [-0.2, -0.15) is 0 Å². The molecule has 0 aromatic heterocycles. The van der Waals surface area contributed by atoms with Gasteiger partial charge in [0.05, 0.1) is 28.7 Å². The van der Waals surface area contributed by atoms with Crippen LogP contribution in [0.1, 0.15) is 11.1 Å². The Morgan fingerprint density at radius 1 is 1.04 bits per heavy atom. The van der Waals surface area contributed by atoms with Crippen LogP contribution in [-0.2, 0) is 9.59 Å². The van der Waals surface area contributed by atoms with Crippen molar-refractivity contribution >= 4 is 40.5 Å². The second kappa shape index (κ2) is 9.29. The number of anilines is 2. The molecule has 2 aromatic carbocycles. The first-order chi connectivity index (χ1) is 13.2. The first kappa shape index (κ1) is 21.3. The maximum absolute atomic E-state index is 12.3. The number of nitrogens with zero attached hydrogens (tertiary/aromatic N) is 2. The van der Waals surface area contributed by atoms with Crippen molar-refractivity contribution in [2.24, 2.45) is 0 Å². The highest BCUT2D eigenvalue weighted by molar-refractivity contribution is 6.33. The molecule has 0 saturated heterocycles. The number of benzene rings is 2. The van der Waals surface area contributed by atoms with Crippen molar-refractivity contribution < 1.29 is 14.5 Å². The third kappa shape index (κ3) is 5.77. The molecule has 0 spiro atoms. The van der Waals surface area contributed by atoms with Crippen molar-refractivity contribution in [2.45, 2.75) is 13.8 Å². The van der Waals surface area contributed by atoms with Crippen LogP contribution in [0, 0.1) is 24.0 Å². The molecule has 0 unspecified atom stereocenters. The summed E-state index contributed by atoms with van der Waals surface area (Å²) in [6, 6.07) is 9.81. The van der Waals surface area contributed by atoms with Gasteiger partial charge in [-0.1, -0.05) is 23.7 Å². The topological polar surface area (TPSA) is 105 Å². The van der Waals surface area contributed by atoms with E-state index in [1.165, 1.54) is 11.0 Å². The standard InChI is InChI=1S/C19H21ClN4O4/c1-12-8-16(17(24(27)28)9-13(12)2)22-19(26)11-23(3)10-18(25)21-15-7-5-4-6-14(15)20/h4-9H,10-11H2,1-3H3,(H,21,25)(H,22,26). The quantitative estimate of drug-likeness (QED) is 0.543. The number of hydrogen-bond acceptors (Lipinski definition) is 5. The van der Waals surface area contributed by atoms with Crippen LogP contribution >= 0.6 is 11.6 Å². The molecule has 2 N–H and O–H groups in total. The highest BCUT2D eigenvalue weighted by Crippen LogP contribution is 2.27. The molecule has 0 radical (unpaired) electrons. The van der Waals surface area contributed by atoms with Crippen LogP contribution in [0.5, 0.6) is 0 Å². The van der Waals surface area contributed by atoms with Crippen molar-refractivity contribution in [3.63, 3.8) is 0 Å². The number of nitrogens with one attached hydrogen (secondary N) is 2. The average molecular weight is 405 g/mol. The summed E-state index contributed by atoms with van der Waals surface area (Å²) >= 11 is 6.00. The van der Waals surface area contributed by atoms with Gasteiger partial charge in [-0.3, -0.25) is 24.6 Å². The lowest BCUT2D eigenvalue weighted by Gasteiger charge is -2.16. The van der Waals surface area contributed by atoms with Gasteiger partial charge in [-0.25, -0.2) is 0 Å². The number of rotatable bonds is 7. The number of nitro groups is 1. The lowest BCUT2D eigenvalue weighted by Crippen LogP contribution is -2.36. The Balaban J connectivity index is 1.96. The molecule has 28 heavy (non-hydrogen) atoms. The summed E-state index contributed by atoms with van der Waals surface area (Å²) < 4.78 is 0. The van der Waals surface area contributed by atoms with Gasteiger partial charge in [-0.05, 0) is 50.2 Å². The summed E-state index contributed by atoms with van der Waals surface area (Å²) in [4.78, 5) is 36.5. The molecule has 0 bridgehead atoms. The van der Waals surface area contributed by atoms with Gasteiger partial charge in [0.25, 0.3) is 5.69 Å². The van der Waals surface area contributed by atoms with E-state index in [4.69, 9.17) is 11.6 Å². The summed E-state index contributed by atoms with van der Waals surface area (Å²) in [6.45, 7) is 3.41. The molecule has 8 nitrogen and oxygen atoms in total. The first-order valence-corrected chi connectivity index (χ1v) is 8.83. The van der Waals surface area contributed by atoms with E-state index in [1.807, 2.05) is 0 Å². The molecule has 9 heteroatoms. The predicted molar refractivity (Wildman–Crippen MR) is 109 cm³/mol. The van der Waals surface area contributed by atoms with E-state index >= 15 is 0 Å². The molecule has 2 rings (SSSR count). The molecular weight excluding hydrogens is 384 g/mol. The summed E-state index contributed by atoms with van der Waals surface area (Å²) in [5.74, 6) is -0.792. The van der Waals surface area contributed by atoms with E-state index in [-0.39, 0.29) is 30.4 Å². The molecule has 0 saturated carbocycles. The number of hydrogen-bond donors (Lipinski definition) is 2. The highest BCUT2D eigenvalue weighted by atomic mass is 35.5. The van der Waals surface area contributed by atoms with Crippen molar-refractivity contribution in [1.82, 2.24) is 4.90 Å². The van der Waals surface area contributed by atoms with Crippen LogP contribution in [0.25, 0.3) is 0 Å². The van der Waals surface area contributed by atoms with Gasteiger partial charge < -0.3 is 10.6 Å². The van der Waals surface area contributed by atoms with E-state index in [0.29, 0.717) is 10.7 Å². The zero-order chi connectivity index (χ0) is 20.8. The van der Waals surface area contributed by atoms with Gasteiger partial charge >= 0.3 is 0 Å². The maximum atomic E-state index is 12.3. The lowest BCUT2D eigenvalue weighted by atomic mass is 10.1. The third-order valence-electron chi connectivity index (χ3n) is 4.06.